The van der Waals surface area contributed by atoms with Crippen LogP contribution in [-0.2, 0) is 22.4 Å². The number of nitrogens with two attached hydrogens (primary N) is 2. The maximum atomic E-state index is 13.0. The summed E-state index contributed by atoms with van der Waals surface area (Å²) in [5.74, 6) is -0.846. The van der Waals surface area contributed by atoms with Gasteiger partial charge >= 0.3 is 0 Å². The molecule has 0 aliphatic carbocycles. The number of fused-ring (bicyclic) bond motifs is 1. The molecule has 0 saturated heterocycles. The molecular formula is C24H31N7O4. The van der Waals surface area contributed by atoms with Crippen molar-refractivity contribution in [1.82, 2.24) is 10.6 Å². The van der Waals surface area contributed by atoms with Gasteiger partial charge in [-0.1, -0.05) is 30.3 Å². The highest BCUT2D eigenvalue weighted by atomic mass is 16.3. The molecule has 1 aliphatic heterocycles. The van der Waals surface area contributed by atoms with Crippen LogP contribution in [0.4, 0.5) is 5.69 Å². The van der Waals surface area contributed by atoms with Crippen LogP contribution in [0.2, 0.25) is 0 Å². The summed E-state index contributed by atoms with van der Waals surface area (Å²) in [6.45, 7) is 2.15. The number of guanidine groups is 1. The molecule has 1 aliphatic rings. The third-order valence-corrected chi connectivity index (χ3v) is 5.80. The van der Waals surface area contributed by atoms with Crippen LogP contribution in [0, 0.1) is 11.8 Å². The van der Waals surface area contributed by atoms with Gasteiger partial charge in [0.25, 0.3) is 0 Å². The maximum absolute atomic E-state index is 13.0. The third-order valence-electron chi connectivity index (χ3n) is 5.80. The lowest BCUT2D eigenvalue weighted by molar-refractivity contribution is -0.129. The van der Waals surface area contributed by atoms with Crippen molar-refractivity contribution in [3.63, 3.8) is 0 Å². The molecule has 2 aromatic rings. The number of aryl methyl sites for hydroxylation is 1. The number of nitrogens with zero attached hydrogens (tertiary/aromatic N) is 2. The Morgan fingerprint density at radius 3 is 2.63 bits per heavy atom. The Kier molecular flexibility index (Phi) is 8.60. The van der Waals surface area contributed by atoms with E-state index < -0.39 is 24.2 Å². The van der Waals surface area contributed by atoms with E-state index in [1.165, 1.54) is 0 Å². The molecule has 0 bridgehead atoms. The van der Waals surface area contributed by atoms with Crippen molar-refractivity contribution in [2.45, 2.75) is 50.9 Å². The minimum atomic E-state index is -0.985. The number of aliphatic imine (C=N–C) groups is 1. The molecule has 3 rings (SSSR count). The van der Waals surface area contributed by atoms with Gasteiger partial charge in [0, 0.05) is 31.1 Å². The van der Waals surface area contributed by atoms with E-state index in [2.05, 4.69) is 26.1 Å². The van der Waals surface area contributed by atoms with Gasteiger partial charge in [-0.25, -0.2) is 0 Å². The number of hydrogen-bond acceptors (Lipinski definition) is 7. The molecule has 3 atom stereocenters. The number of hydrogen-bond donors (Lipinski definition) is 6. The molecule has 0 radical (unpaired) electrons. The van der Waals surface area contributed by atoms with E-state index in [1.807, 2.05) is 37.3 Å². The van der Waals surface area contributed by atoms with Crippen molar-refractivity contribution in [1.29, 1.82) is 0 Å². The number of benzene rings is 2. The van der Waals surface area contributed by atoms with Crippen molar-refractivity contribution in [3.8, 4) is 5.75 Å². The highest BCUT2D eigenvalue weighted by Gasteiger charge is 2.31. The van der Waals surface area contributed by atoms with Crippen LogP contribution in [-0.4, -0.2) is 47.7 Å². The van der Waals surface area contributed by atoms with E-state index >= 15 is 0 Å². The minimum Gasteiger partial charge on any atom is -0.508 e. The van der Waals surface area contributed by atoms with Crippen molar-refractivity contribution in [2.24, 2.45) is 21.6 Å². The Bertz CT molecular complexity index is 1090. The van der Waals surface area contributed by atoms with Gasteiger partial charge in [-0.3, -0.25) is 14.6 Å². The van der Waals surface area contributed by atoms with Crippen LogP contribution >= 0.6 is 0 Å². The van der Waals surface area contributed by atoms with Gasteiger partial charge in [-0.05, 0) is 47.7 Å². The summed E-state index contributed by atoms with van der Waals surface area (Å²) in [6.07, 6.45) is 0.348. The number of phenolic OH excluding ortho intramolecular Hbond substituents is 1. The maximum Gasteiger partial charge on any atom is 0.244 e. The molecule has 2 aromatic carbocycles. The van der Waals surface area contributed by atoms with Gasteiger partial charge in [0.1, 0.15) is 17.8 Å². The van der Waals surface area contributed by atoms with Crippen molar-refractivity contribution < 1.29 is 14.7 Å². The molecule has 0 fully saturated rings. The van der Waals surface area contributed by atoms with E-state index in [1.54, 1.807) is 12.1 Å². The number of phenols is 1. The number of rotatable bonds is 11. The van der Waals surface area contributed by atoms with E-state index in [0.717, 1.165) is 16.7 Å². The first-order chi connectivity index (χ1) is 16.8. The van der Waals surface area contributed by atoms with Gasteiger partial charge in [-0.2, -0.15) is 0 Å². The second-order valence-corrected chi connectivity index (χ2v) is 8.52. The topological polar surface area (TPSA) is 184 Å². The predicted octanol–water partition coefficient (Wildman–Crippen LogP) is 1.03. The zero-order chi connectivity index (χ0) is 25.4. The van der Waals surface area contributed by atoms with Crippen molar-refractivity contribution >= 4 is 23.5 Å². The van der Waals surface area contributed by atoms with E-state index in [4.69, 9.17) is 11.5 Å². The summed E-state index contributed by atoms with van der Waals surface area (Å²) in [7, 11) is 0. The first-order valence-corrected chi connectivity index (χ1v) is 11.4. The molecule has 186 valence electrons. The smallest absolute Gasteiger partial charge is 0.244 e. The molecule has 11 heteroatoms. The molecule has 0 saturated carbocycles. The van der Waals surface area contributed by atoms with E-state index in [0.29, 0.717) is 18.5 Å². The molecule has 35 heavy (non-hydrogen) atoms. The molecule has 1 heterocycles. The summed E-state index contributed by atoms with van der Waals surface area (Å²) in [6, 6.07) is 10.9. The number of anilines is 1. The summed E-state index contributed by atoms with van der Waals surface area (Å²) in [5.41, 5.74) is 14.1. The Morgan fingerprint density at radius 2 is 1.94 bits per heavy atom. The second kappa shape index (κ2) is 11.8. The average molecular weight is 482 g/mol. The van der Waals surface area contributed by atoms with Crippen LogP contribution in [0.25, 0.3) is 0 Å². The largest absolute Gasteiger partial charge is 0.508 e. The van der Waals surface area contributed by atoms with Gasteiger partial charge in [-0.15, -0.1) is 4.91 Å². The number of carbonyl (C=O) groups excluding carboxylic acids is 2. The summed E-state index contributed by atoms with van der Waals surface area (Å²) in [5, 5.41) is 21.4. The van der Waals surface area contributed by atoms with Crippen LogP contribution in [0.3, 0.4) is 0 Å². The summed E-state index contributed by atoms with van der Waals surface area (Å²) >= 11 is 0. The Hall–Kier alpha value is -4.15. The van der Waals surface area contributed by atoms with Crippen molar-refractivity contribution in [2.75, 3.05) is 11.9 Å². The Labute approximate surface area is 203 Å². The lowest BCUT2D eigenvalue weighted by atomic mass is 10.0. The molecule has 11 nitrogen and oxygen atoms in total. The Balaban J connectivity index is 1.66. The fourth-order valence-corrected chi connectivity index (χ4v) is 4.06. The first-order valence-electron chi connectivity index (χ1n) is 11.4. The van der Waals surface area contributed by atoms with Crippen LogP contribution in [0.5, 0.6) is 5.75 Å². The monoisotopic (exact) mass is 481 g/mol. The highest BCUT2D eigenvalue weighted by Crippen LogP contribution is 2.32. The minimum absolute atomic E-state index is 0.0605. The van der Waals surface area contributed by atoms with Crippen LogP contribution in [0.15, 0.2) is 52.6 Å². The number of nitrogens with one attached hydrogen (secondary N) is 3. The Morgan fingerprint density at radius 1 is 1.20 bits per heavy atom. The third kappa shape index (κ3) is 7.16. The zero-order valence-corrected chi connectivity index (χ0v) is 19.5. The number of carbonyl (C=O) groups is 2. The lowest BCUT2D eigenvalue weighted by Crippen LogP contribution is -2.52. The van der Waals surface area contributed by atoms with Gasteiger partial charge < -0.3 is 32.5 Å². The fourth-order valence-electron chi connectivity index (χ4n) is 4.06. The van der Waals surface area contributed by atoms with Gasteiger partial charge in [0.15, 0.2) is 12.1 Å². The highest BCUT2D eigenvalue weighted by molar-refractivity contribution is 5.92. The number of nitroso groups, excluding NO2 is 1. The molecular weight excluding hydrogens is 450 g/mol. The second-order valence-electron chi connectivity index (χ2n) is 8.52. The van der Waals surface area contributed by atoms with Crippen molar-refractivity contribution in [3.05, 3.63) is 64.1 Å². The standard InChI is InChI=1S/C24H31N7O4/c1-14-10-16(32)12-19-17(14)13-20(28-19)23(34)29-18(8-5-9-27-24(25)26)22(33)30-21(31-35)11-15-6-3-2-4-7-15/h2-4,6-7,10,12,18,20-21,28,32H,5,8-9,11,13H2,1H3,(H,29,34)(H,30,33)(H4,25,26,27)/t18-,20+,21-/m1/s1. The molecule has 0 spiro atoms. The normalized spacial score (nSPS) is 15.7. The molecule has 2 amide bonds. The summed E-state index contributed by atoms with van der Waals surface area (Å²) in [4.78, 5) is 41.4. The quantitative estimate of drug-likeness (QED) is 0.120. The lowest BCUT2D eigenvalue weighted by Gasteiger charge is -2.22. The molecule has 0 unspecified atom stereocenters. The average Bonchev–Trinajstić information content (AvgIpc) is 3.25. The van der Waals surface area contributed by atoms with Crippen LogP contribution in [0.1, 0.15) is 29.5 Å². The first kappa shape index (κ1) is 25.5. The summed E-state index contributed by atoms with van der Waals surface area (Å²) < 4.78 is 0. The SMILES string of the molecule is Cc1cc(O)cc2c1C[C@@H](C(=O)N[C@H](CCCN=C(N)N)C(=O)N[C@@H](Cc1ccccc1)N=O)N2. The van der Waals surface area contributed by atoms with E-state index in [-0.39, 0.29) is 37.0 Å². The van der Waals surface area contributed by atoms with Gasteiger partial charge in [0.05, 0.1) is 0 Å². The van der Waals surface area contributed by atoms with Crippen LogP contribution < -0.4 is 27.4 Å². The number of aromatic hydroxyl groups is 1. The van der Waals surface area contributed by atoms with E-state index in [9.17, 15) is 19.6 Å². The van der Waals surface area contributed by atoms with Gasteiger partial charge in [0.2, 0.25) is 11.8 Å². The fraction of sp³-hybridized carbons (Fsp3) is 0.375. The number of amides is 2. The predicted molar refractivity (Wildman–Crippen MR) is 134 cm³/mol. The zero-order valence-electron chi connectivity index (χ0n) is 19.5. The molecule has 8 N–H and O–H groups in total. The molecule has 0 aromatic heterocycles.